The second-order valence-electron chi connectivity index (χ2n) is 6.05. The van der Waals surface area contributed by atoms with E-state index in [0.717, 1.165) is 11.1 Å². The number of hydrogen-bond donors (Lipinski definition) is 1. The third-order valence-corrected chi connectivity index (χ3v) is 4.14. The summed E-state index contributed by atoms with van der Waals surface area (Å²) in [6.07, 6.45) is -1.64. The van der Waals surface area contributed by atoms with E-state index in [9.17, 15) is 9.90 Å². The van der Waals surface area contributed by atoms with Gasteiger partial charge in [-0.1, -0.05) is 60.7 Å². The molecule has 1 saturated heterocycles. The van der Waals surface area contributed by atoms with Crippen molar-refractivity contribution in [2.24, 2.45) is 0 Å². The van der Waals surface area contributed by atoms with E-state index < -0.39 is 24.3 Å². The molecule has 3 atom stereocenters. The standard InChI is InChI=1S/C20H22O5/c21-17-14-24-19(20(22)25-13-16-9-5-2-6-10-16)11-18(17)23-12-15-7-3-1-4-8-15/h1-10,17-19,21H,11-14H2/t17?,18-,19?/m1/s1. The van der Waals surface area contributed by atoms with E-state index in [2.05, 4.69) is 0 Å². The first kappa shape index (κ1) is 17.6. The SMILES string of the molecule is O=C(OCc1ccccc1)C1C[C@@H](OCc2ccccc2)C(O)CO1. The van der Waals surface area contributed by atoms with Gasteiger partial charge in [-0.3, -0.25) is 0 Å². The van der Waals surface area contributed by atoms with Gasteiger partial charge in [0.2, 0.25) is 0 Å². The van der Waals surface area contributed by atoms with Crippen LogP contribution in [0.3, 0.4) is 0 Å². The zero-order chi connectivity index (χ0) is 17.5. The summed E-state index contributed by atoms with van der Waals surface area (Å²) in [5, 5.41) is 10.1. The van der Waals surface area contributed by atoms with Crippen LogP contribution in [0, 0.1) is 0 Å². The minimum atomic E-state index is -0.748. The van der Waals surface area contributed by atoms with Gasteiger partial charge in [-0.2, -0.15) is 0 Å². The highest BCUT2D eigenvalue weighted by Gasteiger charge is 2.35. The van der Waals surface area contributed by atoms with Crippen molar-refractivity contribution in [2.45, 2.75) is 37.9 Å². The minimum absolute atomic E-state index is 0.0601. The van der Waals surface area contributed by atoms with Crippen molar-refractivity contribution < 1.29 is 24.1 Å². The molecule has 5 nitrogen and oxygen atoms in total. The molecule has 2 aromatic carbocycles. The molecule has 1 fully saturated rings. The molecule has 5 heteroatoms. The van der Waals surface area contributed by atoms with Gasteiger partial charge in [0.25, 0.3) is 0 Å². The summed E-state index contributed by atoms with van der Waals surface area (Å²) >= 11 is 0. The number of rotatable bonds is 6. The molecule has 2 aromatic rings. The van der Waals surface area contributed by atoms with E-state index in [1.165, 1.54) is 0 Å². The lowest BCUT2D eigenvalue weighted by Crippen LogP contribution is -2.46. The summed E-state index contributed by atoms with van der Waals surface area (Å²) < 4.78 is 16.5. The molecule has 0 aromatic heterocycles. The Kier molecular flexibility index (Phi) is 6.17. The molecule has 1 heterocycles. The van der Waals surface area contributed by atoms with Gasteiger partial charge in [0, 0.05) is 6.42 Å². The lowest BCUT2D eigenvalue weighted by Gasteiger charge is -2.32. The molecule has 132 valence electrons. The molecule has 0 saturated carbocycles. The average molecular weight is 342 g/mol. The van der Waals surface area contributed by atoms with E-state index in [0.29, 0.717) is 6.61 Å². The summed E-state index contributed by atoms with van der Waals surface area (Å²) in [5.74, 6) is -0.427. The Balaban J connectivity index is 1.50. The number of ether oxygens (including phenoxy) is 3. The van der Waals surface area contributed by atoms with E-state index in [-0.39, 0.29) is 19.6 Å². The molecule has 1 aliphatic heterocycles. The number of hydrogen-bond acceptors (Lipinski definition) is 5. The summed E-state index contributed by atoms with van der Waals surface area (Å²) in [4.78, 5) is 12.2. The average Bonchev–Trinajstić information content (AvgIpc) is 2.67. The Bertz CT molecular complexity index is 658. The topological polar surface area (TPSA) is 65.0 Å². The normalized spacial score (nSPS) is 23.2. The van der Waals surface area contributed by atoms with E-state index in [1.54, 1.807) is 0 Å². The van der Waals surface area contributed by atoms with Crippen molar-refractivity contribution in [3.8, 4) is 0 Å². The molecule has 0 spiro atoms. The molecule has 0 bridgehead atoms. The monoisotopic (exact) mass is 342 g/mol. The first-order valence-corrected chi connectivity index (χ1v) is 8.38. The zero-order valence-corrected chi connectivity index (χ0v) is 13.9. The lowest BCUT2D eigenvalue weighted by molar-refractivity contribution is -0.182. The number of benzene rings is 2. The first-order valence-electron chi connectivity index (χ1n) is 8.38. The van der Waals surface area contributed by atoms with E-state index in [1.807, 2.05) is 60.7 Å². The maximum atomic E-state index is 12.2. The molecular formula is C20H22O5. The van der Waals surface area contributed by atoms with Gasteiger partial charge < -0.3 is 19.3 Å². The predicted molar refractivity (Wildman–Crippen MR) is 91.6 cm³/mol. The van der Waals surface area contributed by atoms with Crippen LogP contribution >= 0.6 is 0 Å². The summed E-state index contributed by atoms with van der Waals surface area (Å²) in [5.41, 5.74) is 1.94. The van der Waals surface area contributed by atoms with Crippen LogP contribution in [0.1, 0.15) is 17.5 Å². The number of aliphatic hydroxyl groups is 1. The first-order chi connectivity index (χ1) is 12.2. The summed E-state index contributed by atoms with van der Waals surface area (Å²) in [7, 11) is 0. The fourth-order valence-electron chi connectivity index (χ4n) is 2.70. The van der Waals surface area contributed by atoms with E-state index >= 15 is 0 Å². The van der Waals surface area contributed by atoms with Crippen molar-refractivity contribution in [2.75, 3.05) is 6.61 Å². The molecule has 0 aliphatic carbocycles. The Hall–Kier alpha value is -2.21. The largest absolute Gasteiger partial charge is 0.459 e. The van der Waals surface area contributed by atoms with Crippen LogP contribution in [0.15, 0.2) is 60.7 Å². The van der Waals surface area contributed by atoms with Crippen LogP contribution in [0.5, 0.6) is 0 Å². The Morgan fingerprint density at radius 3 is 2.24 bits per heavy atom. The van der Waals surface area contributed by atoms with Crippen molar-refractivity contribution in [3.63, 3.8) is 0 Å². The van der Waals surface area contributed by atoms with Gasteiger partial charge in [0.15, 0.2) is 6.10 Å². The van der Waals surface area contributed by atoms with Crippen molar-refractivity contribution in [3.05, 3.63) is 71.8 Å². The zero-order valence-electron chi connectivity index (χ0n) is 13.9. The maximum absolute atomic E-state index is 12.2. The molecule has 2 unspecified atom stereocenters. The molecule has 1 aliphatic rings. The minimum Gasteiger partial charge on any atom is -0.459 e. The second-order valence-corrected chi connectivity index (χ2v) is 6.05. The molecular weight excluding hydrogens is 320 g/mol. The van der Waals surface area contributed by atoms with Gasteiger partial charge >= 0.3 is 5.97 Å². The number of aliphatic hydroxyl groups excluding tert-OH is 1. The third-order valence-electron chi connectivity index (χ3n) is 4.14. The molecule has 0 amide bonds. The molecule has 0 radical (unpaired) electrons. The van der Waals surface area contributed by atoms with Gasteiger partial charge in [-0.25, -0.2) is 4.79 Å². The molecule has 3 rings (SSSR count). The summed E-state index contributed by atoms with van der Waals surface area (Å²) in [6.45, 7) is 0.649. The number of carbonyl (C=O) groups excluding carboxylic acids is 1. The smallest absolute Gasteiger partial charge is 0.335 e. The fourth-order valence-corrected chi connectivity index (χ4v) is 2.70. The van der Waals surface area contributed by atoms with Crippen LogP contribution in [0.25, 0.3) is 0 Å². The van der Waals surface area contributed by atoms with Gasteiger partial charge in [0.1, 0.15) is 12.7 Å². The highest BCUT2D eigenvalue weighted by molar-refractivity contribution is 5.74. The number of esters is 1. The van der Waals surface area contributed by atoms with Crippen LogP contribution in [-0.4, -0.2) is 36.0 Å². The van der Waals surface area contributed by atoms with Gasteiger partial charge in [0.05, 0.1) is 19.3 Å². The Labute approximate surface area is 147 Å². The molecule has 1 N–H and O–H groups in total. The third kappa shape index (κ3) is 5.13. The van der Waals surface area contributed by atoms with Crippen molar-refractivity contribution in [1.82, 2.24) is 0 Å². The van der Waals surface area contributed by atoms with Crippen molar-refractivity contribution >= 4 is 5.97 Å². The Morgan fingerprint density at radius 1 is 1.00 bits per heavy atom. The Morgan fingerprint density at radius 2 is 1.60 bits per heavy atom. The second kappa shape index (κ2) is 8.76. The fraction of sp³-hybridized carbons (Fsp3) is 0.350. The lowest BCUT2D eigenvalue weighted by atomic mass is 10.0. The summed E-state index contributed by atoms with van der Waals surface area (Å²) in [6, 6.07) is 19.2. The highest BCUT2D eigenvalue weighted by Crippen LogP contribution is 2.20. The highest BCUT2D eigenvalue weighted by atomic mass is 16.6. The van der Waals surface area contributed by atoms with Crippen LogP contribution in [-0.2, 0) is 32.2 Å². The van der Waals surface area contributed by atoms with Crippen LogP contribution < -0.4 is 0 Å². The van der Waals surface area contributed by atoms with Crippen LogP contribution in [0.4, 0.5) is 0 Å². The van der Waals surface area contributed by atoms with Gasteiger partial charge in [-0.05, 0) is 11.1 Å². The molecule has 25 heavy (non-hydrogen) atoms. The van der Waals surface area contributed by atoms with E-state index in [4.69, 9.17) is 14.2 Å². The predicted octanol–water partition coefficient (Wildman–Crippen LogP) is 2.47. The quantitative estimate of drug-likeness (QED) is 0.817. The van der Waals surface area contributed by atoms with Crippen molar-refractivity contribution in [1.29, 1.82) is 0 Å². The maximum Gasteiger partial charge on any atom is 0.335 e. The number of carbonyl (C=O) groups is 1. The van der Waals surface area contributed by atoms with Crippen LogP contribution in [0.2, 0.25) is 0 Å². The van der Waals surface area contributed by atoms with Gasteiger partial charge in [-0.15, -0.1) is 0 Å².